The summed E-state index contributed by atoms with van der Waals surface area (Å²) in [7, 11) is 0. The topological polar surface area (TPSA) is 85.5 Å². The van der Waals surface area contributed by atoms with E-state index in [9.17, 15) is 14.4 Å². The van der Waals surface area contributed by atoms with Gasteiger partial charge in [-0.05, 0) is 68.8 Å². The number of aromatic amines is 1. The monoisotopic (exact) mass is 484 g/mol. The number of nitrogens with one attached hydrogen (secondary N) is 2. The summed E-state index contributed by atoms with van der Waals surface area (Å²) in [5.41, 5.74) is 4.23. The van der Waals surface area contributed by atoms with Crippen molar-refractivity contribution < 1.29 is 14.4 Å². The number of hydrogen-bond acceptors (Lipinski definition) is 4. The van der Waals surface area contributed by atoms with Crippen LogP contribution in [0.2, 0.25) is 5.02 Å². The Morgan fingerprint density at radius 2 is 1.76 bits per heavy atom. The largest absolute Gasteiger partial charge is 0.355 e. The molecule has 2 N–H and O–H groups in total. The zero-order chi connectivity index (χ0) is 24.6. The second-order valence-electron chi connectivity index (χ2n) is 9.74. The van der Waals surface area contributed by atoms with Gasteiger partial charge in [0, 0.05) is 55.9 Å². The number of aryl methyl sites for hydroxylation is 2. The summed E-state index contributed by atoms with van der Waals surface area (Å²) in [5, 5.41) is 3.58. The summed E-state index contributed by atoms with van der Waals surface area (Å²) >= 11 is 6.12. The predicted octanol–water partition coefficient (Wildman–Crippen LogP) is 3.62. The number of likely N-dealkylation sites (tertiary alicyclic amines) is 2. The number of rotatable bonds is 7. The zero-order valence-electron chi connectivity index (χ0n) is 20.3. The SMILES string of the molecule is CC(=O)c1[nH]c(C)c(C(=O)N2CC3CN(CCCNC(=O)c4ccc(C)c(Cl)c4)CC3C2)c1C. The first-order valence-electron chi connectivity index (χ1n) is 11.9. The van der Waals surface area contributed by atoms with Crippen molar-refractivity contribution in [2.45, 2.75) is 34.1 Å². The molecule has 7 nitrogen and oxygen atoms in total. The molecule has 2 aromatic rings. The molecule has 0 saturated carbocycles. The van der Waals surface area contributed by atoms with E-state index in [-0.39, 0.29) is 17.6 Å². The Morgan fingerprint density at radius 3 is 2.35 bits per heavy atom. The summed E-state index contributed by atoms with van der Waals surface area (Å²) in [6, 6.07) is 5.36. The van der Waals surface area contributed by atoms with Crippen molar-refractivity contribution >= 4 is 29.2 Å². The maximum atomic E-state index is 13.2. The summed E-state index contributed by atoms with van der Waals surface area (Å²) in [5.74, 6) is 0.823. The van der Waals surface area contributed by atoms with E-state index in [2.05, 4.69) is 15.2 Å². The number of carbonyl (C=O) groups excluding carboxylic acids is 3. The molecule has 2 aliphatic rings. The van der Waals surface area contributed by atoms with Gasteiger partial charge in [-0.1, -0.05) is 17.7 Å². The fourth-order valence-corrected chi connectivity index (χ4v) is 5.54. The van der Waals surface area contributed by atoms with Crippen molar-refractivity contribution in [2.24, 2.45) is 11.8 Å². The molecule has 2 amide bonds. The van der Waals surface area contributed by atoms with Gasteiger partial charge in [0.15, 0.2) is 5.78 Å². The number of amides is 2. The molecule has 3 heterocycles. The number of H-pyrrole nitrogens is 1. The van der Waals surface area contributed by atoms with E-state index in [1.807, 2.05) is 31.7 Å². The number of benzene rings is 1. The minimum Gasteiger partial charge on any atom is -0.355 e. The van der Waals surface area contributed by atoms with Gasteiger partial charge in [-0.15, -0.1) is 0 Å². The van der Waals surface area contributed by atoms with Crippen LogP contribution in [0.4, 0.5) is 0 Å². The zero-order valence-corrected chi connectivity index (χ0v) is 21.1. The Morgan fingerprint density at radius 1 is 1.09 bits per heavy atom. The minimum atomic E-state index is -0.0994. The Hall–Kier alpha value is -2.64. The molecular formula is C26H33ClN4O3. The number of hydrogen-bond donors (Lipinski definition) is 2. The summed E-state index contributed by atoms with van der Waals surface area (Å²) in [6.45, 7) is 12.1. The molecule has 2 unspecified atom stereocenters. The van der Waals surface area contributed by atoms with Crippen molar-refractivity contribution in [1.29, 1.82) is 0 Å². The molecule has 1 aromatic carbocycles. The van der Waals surface area contributed by atoms with Gasteiger partial charge in [0.25, 0.3) is 11.8 Å². The van der Waals surface area contributed by atoms with Crippen molar-refractivity contribution in [1.82, 2.24) is 20.1 Å². The summed E-state index contributed by atoms with van der Waals surface area (Å²) in [6.07, 6.45) is 0.878. The van der Waals surface area contributed by atoms with E-state index < -0.39 is 0 Å². The molecule has 0 spiro atoms. The average molecular weight is 485 g/mol. The number of halogens is 1. The van der Waals surface area contributed by atoms with Crippen molar-refractivity contribution in [3.05, 3.63) is 56.9 Å². The lowest BCUT2D eigenvalue weighted by molar-refractivity contribution is 0.0772. The molecule has 4 rings (SSSR count). The molecule has 0 radical (unpaired) electrons. The first kappa shape index (κ1) is 24.5. The third kappa shape index (κ3) is 4.91. The highest BCUT2D eigenvalue weighted by atomic mass is 35.5. The maximum absolute atomic E-state index is 13.2. The van der Waals surface area contributed by atoms with Gasteiger partial charge < -0.3 is 20.1 Å². The van der Waals surface area contributed by atoms with Gasteiger partial charge in [0.05, 0.1) is 11.3 Å². The second-order valence-corrected chi connectivity index (χ2v) is 10.2. The van der Waals surface area contributed by atoms with Gasteiger partial charge in [0.1, 0.15) is 0 Å². The standard InChI is InChI=1S/C26H33ClN4O3/c1-15-6-7-19(10-22(15)27)25(33)28-8-5-9-30-11-20-13-31(14-21(20)12-30)26(34)23-16(2)24(18(4)32)29-17(23)3/h6-7,10,20-21,29H,5,8-9,11-14H2,1-4H3,(H,28,33). The van der Waals surface area contributed by atoms with Crippen LogP contribution >= 0.6 is 11.6 Å². The van der Waals surface area contributed by atoms with E-state index in [1.54, 1.807) is 12.1 Å². The normalized spacial score (nSPS) is 20.0. The van der Waals surface area contributed by atoms with Crippen LogP contribution in [0.3, 0.4) is 0 Å². The fourth-order valence-electron chi connectivity index (χ4n) is 5.36. The number of carbonyl (C=O) groups is 3. The van der Waals surface area contributed by atoms with Crippen LogP contribution < -0.4 is 5.32 Å². The molecule has 182 valence electrons. The van der Waals surface area contributed by atoms with Crippen molar-refractivity contribution in [2.75, 3.05) is 39.3 Å². The quantitative estimate of drug-likeness (QED) is 0.464. The van der Waals surface area contributed by atoms with E-state index in [1.165, 1.54) is 6.92 Å². The number of nitrogens with zero attached hydrogens (tertiary/aromatic N) is 2. The minimum absolute atomic E-state index is 0.0265. The van der Waals surface area contributed by atoms with Crippen LogP contribution in [-0.4, -0.2) is 71.6 Å². The van der Waals surface area contributed by atoms with Gasteiger partial charge in [0.2, 0.25) is 0 Å². The van der Waals surface area contributed by atoms with Gasteiger partial charge in [-0.25, -0.2) is 0 Å². The molecule has 0 aliphatic carbocycles. The molecule has 1 aromatic heterocycles. The number of ketones is 1. The average Bonchev–Trinajstić information content (AvgIpc) is 3.44. The van der Waals surface area contributed by atoms with E-state index >= 15 is 0 Å². The first-order chi connectivity index (χ1) is 16.2. The Kier molecular flexibility index (Phi) is 7.14. The van der Waals surface area contributed by atoms with Crippen LogP contribution in [0.15, 0.2) is 18.2 Å². The Labute approximate surface area is 205 Å². The highest BCUT2D eigenvalue weighted by Crippen LogP contribution is 2.33. The number of fused-ring (bicyclic) bond motifs is 1. The predicted molar refractivity (Wildman–Crippen MR) is 133 cm³/mol. The van der Waals surface area contributed by atoms with Gasteiger partial charge in [-0.2, -0.15) is 0 Å². The maximum Gasteiger partial charge on any atom is 0.255 e. The first-order valence-corrected chi connectivity index (χ1v) is 12.3. The van der Waals surface area contributed by atoms with Crippen molar-refractivity contribution in [3.8, 4) is 0 Å². The Balaban J connectivity index is 1.23. The molecule has 34 heavy (non-hydrogen) atoms. The smallest absolute Gasteiger partial charge is 0.255 e. The molecule has 2 atom stereocenters. The van der Waals surface area contributed by atoms with E-state index in [4.69, 9.17) is 11.6 Å². The van der Waals surface area contributed by atoms with Crippen LogP contribution in [0, 0.1) is 32.6 Å². The number of aromatic nitrogens is 1. The fraction of sp³-hybridized carbons (Fsp3) is 0.500. The van der Waals surface area contributed by atoms with Crippen LogP contribution in [-0.2, 0) is 0 Å². The highest BCUT2D eigenvalue weighted by molar-refractivity contribution is 6.31. The van der Waals surface area contributed by atoms with E-state index in [0.29, 0.717) is 40.2 Å². The lowest BCUT2D eigenvalue weighted by Gasteiger charge is -2.22. The van der Waals surface area contributed by atoms with Crippen LogP contribution in [0.1, 0.15) is 61.4 Å². The van der Waals surface area contributed by atoms with Crippen molar-refractivity contribution in [3.63, 3.8) is 0 Å². The Bertz CT molecular complexity index is 1110. The molecule has 0 bridgehead atoms. The molecule has 2 saturated heterocycles. The third-order valence-corrected chi connectivity index (χ3v) is 7.63. The lowest BCUT2D eigenvalue weighted by Crippen LogP contribution is -2.34. The highest BCUT2D eigenvalue weighted by Gasteiger charge is 2.42. The molecule has 2 fully saturated rings. The second kappa shape index (κ2) is 9.92. The third-order valence-electron chi connectivity index (χ3n) is 7.22. The lowest BCUT2D eigenvalue weighted by atomic mass is 10.0. The number of Topliss-reactive ketones (excluding diaryl/α,β-unsaturated/α-hetero) is 1. The van der Waals surface area contributed by atoms with Gasteiger partial charge in [-0.3, -0.25) is 14.4 Å². The summed E-state index contributed by atoms with van der Waals surface area (Å²) < 4.78 is 0. The molecule has 2 aliphatic heterocycles. The molecule has 8 heteroatoms. The summed E-state index contributed by atoms with van der Waals surface area (Å²) in [4.78, 5) is 44.8. The van der Waals surface area contributed by atoms with E-state index in [0.717, 1.165) is 56.0 Å². The van der Waals surface area contributed by atoms with Gasteiger partial charge >= 0.3 is 0 Å². The van der Waals surface area contributed by atoms with Crippen LogP contribution in [0.5, 0.6) is 0 Å². The molecular weight excluding hydrogens is 452 g/mol. The van der Waals surface area contributed by atoms with Crippen LogP contribution in [0.25, 0.3) is 0 Å².